The lowest BCUT2D eigenvalue weighted by Crippen LogP contribution is -2.33. The fraction of sp³-hybridized carbons (Fsp3) is 0.0500. The summed E-state index contributed by atoms with van der Waals surface area (Å²) in [4.78, 5) is 17.7. The minimum Gasteiger partial charge on any atom is -0.506 e. The minimum absolute atomic E-state index is 0.00861. The van der Waals surface area contributed by atoms with Gasteiger partial charge in [0.05, 0.1) is 17.6 Å². The van der Waals surface area contributed by atoms with Gasteiger partial charge in [0.2, 0.25) is 0 Å². The van der Waals surface area contributed by atoms with Gasteiger partial charge < -0.3 is 10.4 Å². The molecule has 0 radical (unpaired) electrons. The van der Waals surface area contributed by atoms with E-state index < -0.39 is 15.6 Å². The van der Waals surface area contributed by atoms with E-state index in [4.69, 9.17) is 0 Å². The Balaban J connectivity index is 1.79. The van der Waals surface area contributed by atoms with Crippen LogP contribution in [0.2, 0.25) is 0 Å². The van der Waals surface area contributed by atoms with Gasteiger partial charge in [0.15, 0.2) is 5.84 Å². The van der Waals surface area contributed by atoms with Crippen molar-refractivity contribution in [1.29, 1.82) is 0 Å². The highest BCUT2D eigenvalue weighted by molar-refractivity contribution is 7.90. The molecular weight excluding hydrogens is 424 g/mol. The summed E-state index contributed by atoms with van der Waals surface area (Å²) < 4.78 is 30.5. The maximum Gasteiger partial charge on any atom is 0.286 e. The summed E-state index contributed by atoms with van der Waals surface area (Å²) in [6.45, 7) is 0.222. The third-order valence-electron chi connectivity index (χ3n) is 4.78. The van der Waals surface area contributed by atoms with E-state index in [0.29, 0.717) is 11.0 Å². The van der Waals surface area contributed by atoms with Gasteiger partial charge in [0.25, 0.3) is 15.6 Å². The van der Waals surface area contributed by atoms with E-state index in [2.05, 4.69) is 14.7 Å². The van der Waals surface area contributed by atoms with Crippen molar-refractivity contribution in [3.05, 3.63) is 80.9 Å². The average Bonchev–Trinajstić information content (AvgIpc) is 3.24. The van der Waals surface area contributed by atoms with Crippen LogP contribution in [0, 0.1) is 0 Å². The summed E-state index contributed by atoms with van der Waals surface area (Å²) in [7, 11) is -4.04. The topological polar surface area (TPSA) is 114 Å². The first-order valence-electron chi connectivity index (χ1n) is 8.88. The number of pyridine rings is 2. The van der Waals surface area contributed by atoms with Crippen LogP contribution in [0.3, 0.4) is 0 Å². The highest BCUT2D eigenvalue weighted by Gasteiger charge is 2.29. The second kappa shape index (κ2) is 6.78. The summed E-state index contributed by atoms with van der Waals surface area (Å²) in [6, 6.07) is 11.4. The van der Waals surface area contributed by atoms with Gasteiger partial charge in [-0.3, -0.25) is 9.36 Å². The molecule has 0 bridgehead atoms. The van der Waals surface area contributed by atoms with Gasteiger partial charge >= 0.3 is 0 Å². The molecule has 0 spiro atoms. The summed E-state index contributed by atoms with van der Waals surface area (Å²) >= 11 is 1.50. The van der Waals surface area contributed by atoms with Gasteiger partial charge in [-0.15, -0.1) is 4.40 Å². The number of thiophene rings is 1. The normalized spacial score (nSPS) is 14.7. The monoisotopic (exact) mass is 438 g/mol. The van der Waals surface area contributed by atoms with Crippen LogP contribution >= 0.6 is 11.3 Å². The van der Waals surface area contributed by atoms with E-state index in [1.807, 2.05) is 16.8 Å². The Bertz CT molecular complexity index is 1490. The Kier molecular flexibility index (Phi) is 4.19. The minimum atomic E-state index is -4.04. The third-order valence-corrected chi connectivity index (χ3v) is 6.85. The van der Waals surface area contributed by atoms with Crippen molar-refractivity contribution in [3.63, 3.8) is 0 Å². The first-order chi connectivity index (χ1) is 14.5. The Morgan fingerprint density at radius 3 is 2.77 bits per heavy atom. The number of amidine groups is 1. The average molecular weight is 438 g/mol. The van der Waals surface area contributed by atoms with E-state index in [0.717, 1.165) is 5.56 Å². The van der Waals surface area contributed by atoms with E-state index in [-0.39, 0.29) is 34.3 Å². The van der Waals surface area contributed by atoms with Crippen molar-refractivity contribution in [2.24, 2.45) is 4.40 Å². The Morgan fingerprint density at radius 1 is 1.13 bits per heavy atom. The molecule has 150 valence electrons. The molecule has 0 fully saturated rings. The van der Waals surface area contributed by atoms with Crippen LogP contribution in [0.1, 0.15) is 11.1 Å². The quantitative estimate of drug-likeness (QED) is 0.508. The van der Waals surface area contributed by atoms with Crippen LogP contribution < -0.4 is 10.9 Å². The van der Waals surface area contributed by atoms with Crippen molar-refractivity contribution < 1.29 is 13.5 Å². The molecule has 5 rings (SSSR count). The standard InChI is InChI=1S/C20H14N4O4S2/c25-17-13-4-3-8-21-19(13)24(10-12-7-9-29-11-12)20(26)16(17)18-22-14-5-1-2-6-15(14)30(27,28)23-18/h1-9,11,25H,10H2,(H,22,23). The number of hydrogen-bond acceptors (Lipinski definition) is 7. The zero-order chi connectivity index (χ0) is 20.9. The predicted molar refractivity (Wildman–Crippen MR) is 115 cm³/mol. The summed E-state index contributed by atoms with van der Waals surface area (Å²) in [5.41, 5.74) is 0.670. The first kappa shape index (κ1) is 18.5. The molecule has 3 aromatic heterocycles. The molecule has 0 amide bonds. The number of anilines is 1. The van der Waals surface area contributed by atoms with Gasteiger partial charge in [-0.1, -0.05) is 12.1 Å². The number of sulfonamides is 1. The van der Waals surface area contributed by atoms with Crippen molar-refractivity contribution in [2.45, 2.75) is 11.4 Å². The zero-order valence-electron chi connectivity index (χ0n) is 15.3. The van der Waals surface area contributed by atoms with Crippen LogP contribution in [-0.4, -0.2) is 28.9 Å². The highest BCUT2D eigenvalue weighted by atomic mass is 32.2. The van der Waals surface area contributed by atoms with Gasteiger partial charge in [0, 0.05) is 6.20 Å². The van der Waals surface area contributed by atoms with Gasteiger partial charge in [-0.05, 0) is 46.7 Å². The van der Waals surface area contributed by atoms with E-state index >= 15 is 0 Å². The van der Waals surface area contributed by atoms with Crippen LogP contribution in [0.5, 0.6) is 5.75 Å². The molecule has 1 aliphatic rings. The fourth-order valence-corrected chi connectivity index (χ4v) is 5.20. The number of nitrogens with one attached hydrogen (secondary N) is 1. The number of rotatable bonds is 3. The van der Waals surface area contributed by atoms with E-state index in [9.17, 15) is 18.3 Å². The number of benzene rings is 1. The molecule has 1 aromatic carbocycles. The molecule has 0 saturated heterocycles. The molecule has 8 nitrogen and oxygen atoms in total. The number of para-hydroxylation sites is 1. The number of nitrogens with zero attached hydrogens (tertiary/aromatic N) is 3. The van der Waals surface area contributed by atoms with Gasteiger partial charge in [-0.25, -0.2) is 4.98 Å². The summed E-state index contributed by atoms with van der Waals surface area (Å²) in [5, 5.41) is 17.9. The highest BCUT2D eigenvalue weighted by Crippen LogP contribution is 2.31. The van der Waals surface area contributed by atoms with Gasteiger partial charge in [-0.2, -0.15) is 19.8 Å². The van der Waals surface area contributed by atoms with Crippen molar-refractivity contribution >= 4 is 43.9 Å². The zero-order valence-corrected chi connectivity index (χ0v) is 16.9. The molecule has 0 aliphatic carbocycles. The van der Waals surface area contributed by atoms with Crippen LogP contribution in [0.4, 0.5) is 5.69 Å². The maximum atomic E-state index is 13.4. The second-order valence-corrected chi connectivity index (χ2v) is 9.01. The van der Waals surface area contributed by atoms with E-state index in [1.54, 1.807) is 30.3 Å². The number of hydrogen-bond donors (Lipinski definition) is 2. The van der Waals surface area contributed by atoms with Crippen LogP contribution in [0.15, 0.2) is 73.5 Å². The lowest BCUT2D eigenvalue weighted by molar-refractivity contribution is 0.477. The molecule has 1 aliphatic heterocycles. The number of aromatic hydroxyl groups is 1. The molecular formula is C20H14N4O4S2. The Morgan fingerprint density at radius 2 is 1.97 bits per heavy atom. The second-order valence-electron chi connectivity index (χ2n) is 6.66. The Hall–Kier alpha value is -3.50. The summed E-state index contributed by atoms with van der Waals surface area (Å²) in [6.07, 6.45) is 1.53. The predicted octanol–water partition coefficient (Wildman–Crippen LogP) is 2.77. The molecule has 4 heterocycles. The smallest absolute Gasteiger partial charge is 0.286 e. The molecule has 0 saturated carbocycles. The lowest BCUT2D eigenvalue weighted by Gasteiger charge is -2.20. The molecule has 4 aromatic rings. The van der Waals surface area contributed by atoms with Crippen molar-refractivity contribution in [3.8, 4) is 5.75 Å². The molecule has 0 atom stereocenters. The van der Waals surface area contributed by atoms with Crippen LogP contribution in [0.25, 0.3) is 11.0 Å². The largest absolute Gasteiger partial charge is 0.506 e. The SMILES string of the molecule is O=c1c(C2=NS(=O)(=O)c3ccccc3N2)c(O)c2cccnc2n1Cc1ccsc1. The molecule has 30 heavy (non-hydrogen) atoms. The van der Waals surface area contributed by atoms with Crippen molar-refractivity contribution in [2.75, 3.05) is 5.32 Å². The maximum absolute atomic E-state index is 13.4. The van der Waals surface area contributed by atoms with Gasteiger partial charge in [0.1, 0.15) is 21.9 Å². The van der Waals surface area contributed by atoms with E-state index in [1.165, 1.54) is 28.2 Å². The lowest BCUT2D eigenvalue weighted by atomic mass is 10.1. The Labute approximate surface area is 174 Å². The fourth-order valence-electron chi connectivity index (χ4n) is 3.41. The number of aromatic nitrogens is 2. The number of fused-ring (bicyclic) bond motifs is 2. The van der Waals surface area contributed by atoms with Crippen molar-refractivity contribution in [1.82, 2.24) is 9.55 Å². The first-order valence-corrected chi connectivity index (χ1v) is 11.3. The molecule has 2 N–H and O–H groups in total. The third kappa shape index (κ3) is 2.88. The summed E-state index contributed by atoms with van der Waals surface area (Å²) in [5.74, 6) is -0.591. The van der Waals surface area contributed by atoms with Crippen LogP contribution in [-0.2, 0) is 16.6 Å². The molecule has 0 unspecified atom stereocenters. The molecule has 10 heteroatoms.